The van der Waals surface area contributed by atoms with E-state index in [0.717, 1.165) is 77.8 Å². The van der Waals surface area contributed by atoms with E-state index in [2.05, 4.69) is 14.9 Å². The largest absolute Gasteiger partial charge is 0.342 e. The van der Waals surface area contributed by atoms with Crippen LogP contribution >= 0.6 is 0 Å². The van der Waals surface area contributed by atoms with Gasteiger partial charge in [-0.05, 0) is 51.1 Å². The van der Waals surface area contributed by atoms with E-state index >= 15 is 0 Å². The van der Waals surface area contributed by atoms with E-state index in [1.807, 2.05) is 21.8 Å². The van der Waals surface area contributed by atoms with Crippen LogP contribution in [0.3, 0.4) is 0 Å². The van der Waals surface area contributed by atoms with Gasteiger partial charge in [0.15, 0.2) is 0 Å². The Morgan fingerprint density at radius 1 is 0.786 bits per heavy atom. The molecule has 0 aromatic carbocycles. The Morgan fingerprint density at radius 2 is 1.54 bits per heavy atom. The Kier molecular flexibility index (Phi) is 4.87. The molecule has 3 saturated heterocycles. The van der Waals surface area contributed by atoms with Gasteiger partial charge in [0.2, 0.25) is 11.8 Å². The van der Waals surface area contributed by atoms with E-state index in [1.165, 1.54) is 0 Å². The number of nitrogens with zero attached hydrogens (tertiary/aromatic N) is 5. The van der Waals surface area contributed by atoms with Gasteiger partial charge in [-0.2, -0.15) is 5.10 Å². The molecule has 4 aliphatic rings. The summed E-state index contributed by atoms with van der Waals surface area (Å²) >= 11 is 0. The van der Waals surface area contributed by atoms with Gasteiger partial charge in [0.1, 0.15) is 0 Å². The quantitative estimate of drug-likeness (QED) is 0.786. The maximum Gasteiger partial charge on any atom is 0.227 e. The summed E-state index contributed by atoms with van der Waals surface area (Å²) in [4.78, 5) is 31.9. The summed E-state index contributed by atoms with van der Waals surface area (Å²) in [6.45, 7) is 5.36. The summed E-state index contributed by atoms with van der Waals surface area (Å²) in [5.41, 5.74) is 0. The first kappa shape index (κ1) is 18.2. The zero-order valence-electron chi connectivity index (χ0n) is 16.6. The minimum atomic E-state index is 0.137. The van der Waals surface area contributed by atoms with Crippen LogP contribution in [0.5, 0.6) is 0 Å². The number of rotatable bonds is 4. The van der Waals surface area contributed by atoms with Crippen molar-refractivity contribution in [3.8, 4) is 0 Å². The SMILES string of the molecule is O=C(C1CC1)N1CCC(N2CCC[C@@H](C(=O)N3CC(n4cccn4)C3)C2)CC1. The van der Waals surface area contributed by atoms with Gasteiger partial charge in [0.05, 0.1) is 12.0 Å². The van der Waals surface area contributed by atoms with E-state index in [1.54, 1.807) is 6.20 Å². The third-order valence-corrected chi connectivity index (χ3v) is 7.09. The Balaban J connectivity index is 1.11. The van der Waals surface area contributed by atoms with Crippen molar-refractivity contribution >= 4 is 11.8 Å². The van der Waals surface area contributed by atoms with Crippen molar-refractivity contribution in [2.75, 3.05) is 39.3 Å². The smallest absolute Gasteiger partial charge is 0.227 e. The lowest BCUT2D eigenvalue weighted by Crippen LogP contribution is -2.56. The highest BCUT2D eigenvalue weighted by Gasteiger charge is 2.39. The molecule has 7 heteroatoms. The average molecular weight is 386 g/mol. The molecule has 28 heavy (non-hydrogen) atoms. The van der Waals surface area contributed by atoms with Crippen molar-refractivity contribution in [2.24, 2.45) is 11.8 Å². The predicted molar refractivity (Wildman–Crippen MR) is 104 cm³/mol. The molecule has 0 N–H and O–H groups in total. The van der Waals surface area contributed by atoms with Crippen molar-refractivity contribution in [1.29, 1.82) is 0 Å². The molecule has 1 saturated carbocycles. The topological polar surface area (TPSA) is 61.7 Å². The van der Waals surface area contributed by atoms with Crippen molar-refractivity contribution in [3.05, 3.63) is 18.5 Å². The highest BCUT2D eigenvalue weighted by atomic mass is 16.2. The van der Waals surface area contributed by atoms with Gasteiger partial charge < -0.3 is 9.80 Å². The third-order valence-electron chi connectivity index (χ3n) is 7.09. The van der Waals surface area contributed by atoms with Crippen molar-refractivity contribution in [1.82, 2.24) is 24.5 Å². The first-order valence-corrected chi connectivity index (χ1v) is 11.0. The van der Waals surface area contributed by atoms with Crippen LogP contribution in [-0.2, 0) is 9.59 Å². The fourth-order valence-corrected chi connectivity index (χ4v) is 5.14. The molecule has 0 spiro atoms. The zero-order chi connectivity index (χ0) is 19.1. The summed E-state index contributed by atoms with van der Waals surface area (Å²) in [6.07, 6.45) is 10.2. The van der Waals surface area contributed by atoms with E-state index < -0.39 is 0 Å². The second-order valence-electron chi connectivity index (χ2n) is 9.05. The molecule has 4 heterocycles. The fourth-order valence-electron chi connectivity index (χ4n) is 5.14. The molecule has 7 nitrogen and oxygen atoms in total. The van der Waals surface area contributed by atoms with Gasteiger partial charge >= 0.3 is 0 Å². The Bertz CT molecular complexity index is 702. The number of likely N-dealkylation sites (tertiary alicyclic amines) is 3. The summed E-state index contributed by atoms with van der Waals surface area (Å²) in [7, 11) is 0. The van der Waals surface area contributed by atoms with Crippen LogP contribution < -0.4 is 0 Å². The average Bonchev–Trinajstić information content (AvgIpc) is 3.42. The molecule has 2 amide bonds. The summed E-state index contributed by atoms with van der Waals surface area (Å²) < 4.78 is 1.97. The Morgan fingerprint density at radius 3 is 2.21 bits per heavy atom. The minimum absolute atomic E-state index is 0.137. The van der Waals surface area contributed by atoms with Crippen molar-refractivity contribution in [2.45, 2.75) is 50.6 Å². The maximum absolute atomic E-state index is 13.0. The van der Waals surface area contributed by atoms with Crippen molar-refractivity contribution in [3.63, 3.8) is 0 Å². The first-order valence-electron chi connectivity index (χ1n) is 11.0. The van der Waals surface area contributed by atoms with Gasteiger partial charge in [-0.15, -0.1) is 0 Å². The van der Waals surface area contributed by atoms with Gasteiger partial charge in [-0.1, -0.05) is 0 Å². The number of carbonyl (C=O) groups is 2. The minimum Gasteiger partial charge on any atom is -0.342 e. The monoisotopic (exact) mass is 385 g/mol. The number of carbonyl (C=O) groups excluding carboxylic acids is 2. The predicted octanol–water partition coefficient (Wildman–Crippen LogP) is 1.38. The molecule has 3 aliphatic heterocycles. The molecule has 1 atom stereocenters. The molecule has 1 aliphatic carbocycles. The van der Waals surface area contributed by atoms with Gasteiger partial charge in [0.25, 0.3) is 0 Å². The van der Waals surface area contributed by atoms with E-state index in [9.17, 15) is 9.59 Å². The summed E-state index contributed by atoms with van der Waals surface area (Å²) in [5.74, 6) is 1.18. The molecule has 4 fully saturated rings. The molecule has 0 radical (unpaired) electrons. The molecule has 1 aromatic heterocycles. The van der Waals surface area contributed by atoms with Gasteiger partial charge in [-0.3, -0.25) is 19.2 Å². The third kappa shape index (κ3) is 3.56. The second kappa shape index (κ2) is 7.50. The highest BCUT2D eigenvalue weighted by molar-refractivity contribution is 5.81. The van der Waals surface area contributed by atoms with Gasteiger partial charge in [0, 0.05) is 57.1 Å². The molecular weight excluding hydrogens is 354 g/mol. The summed E-state index contributed by atoms with van der Waals surface area (Å²) in [6, 6.07) is 2.81. The first-order chi connectivity index (χ1) is 13.7. The summed E-state index contributed by atoms with van der Waals surface area (Å²) in [5, 5.41) is 4.29. The molecule has 152 valence electrons. The molecule has 0 unspecified atom stereocenters. The standard InChI is InChI=1S/C21H31N5O2/c27-20(16-4-5-16)23-11-6-18(7-12-23)24-9-1-3-17(13-24)21(28)25-14-19(15-25)26-10-2-8-22-26/h2,8,10,16-19H,1,3-7,9,11-15H2/t17-/m1/s1. The molecular formula is C21H31N5O2. The lowest BCUT2D eigenvalue weighted by molar-refractivity contribution is -0.144. The van der Waals surface area contributed by atoms with Crippen molar-refractivity contribution < 1.29 is 9.59 Å². The second-order valence-corrected chi connectivity index (χ2v) is 9.05. The van der Waals surface area contributed by atoms with Crippen LogP contribution in [0.15, 0.2) is 18.5 Å². The molecule has 5 rings (SSSR count). The molecule has 1 aromatic rings. The van der Waals surface area contributed by atoms with Crippen LogP contribution in [0.25, 0.3) is 0 Å². The molecule has 0 bridgehead atoms. The maximum atomic E-state index is 13.0. The number of piperidine rings is 2. The number of hydrogen-bond donors (Lipinski definition) is 0. The number of amides is 2. The fraction of sp³-hybridized carbons (Fsp3) is 0.762. The van der Waals surface area contributed by atoms with E-state index in [4.69, 9.17) is 0 Å². The zero-order valence-corrected chi connectivity index (χ0v) is 16.6. The van der Waals surface area contributed by atoms with E-state index in [0.29, 0.717) is 29.8 Å². The van der Waals surface area contributed by atoms with Crippen LogP contribution in [0.1, 0.15) is 44.6 Å². The lowest BCUT2D eigenvalue weighted by Gasteiger charge is -2.45. The lowest BCUT2D eigenvalue weighted by atomic mass is 9.91. The van der Waals surface area contributed by atoms with Crippen LogP contribution in [0.4, 0.5) is 0 Å². The highest BCUT2D eigenvalue weighted by Crippen LogP contribution is 2.33. The number of hydrogen-bond acceptors (Lipinski definition) is 4. The Hall–Kier alpha value is -1.89. The van der Waals surface area contributed by atoms with Crippen LogP contribution in [0, 0.1) is 11.8 Å². The van der Waals surface area contributed by atoms with E-state index in [-0.39, 0.29) is 5.92 Å². The Labute approximate surface area is 166 Å². The van der Waals surface area contributed by atoms with Crippen LogP contribution in [0.2, 0.25) is 0 Å². The normalized spacial score (nSPS) is 27.6. The number of aromatic nitrogens is 2. The van der Waals surface area contributed by atoms with Crippen LogP contribution in [-0.4, -0.2) is 81.6 Å². The van der Waals surface area contributed by atoms with Gasteiger partial charge in [-0.25, -0.2) is 0 Å².